The van der Waals surface area contributed by atoms with E-state index < -0.39 is 41.4 Å². The maximum atomic E-state index is 12.0. The van der Waals surface area contributed by atoms with E-state index >= 15 is 0 Å². The van der Waals surface area contributed by atoms with Gasteiger partial charge in [-0.2, -0.15) is 0 Å². The van der Waals surface area contributed by atoms with Gasteiger partial charge in [-0.25, -0.2) is 4.79 Å². The number of ether oxygens (including phenoxy) is 2. The molecule has 0 bridgehead atoms. The molecule has 0 rings (SSSR count). The monoisotopic (exact) mass is 328 g/mol. The summed E-state index contributed by atoms with van der Waals surface area (Å²) in [7, 11) is 0. The van der Waals surface area contributed by atoms with Crippen molar-refractivity contribution >= 4 is 17.9 Å². The molecule has 0 aromatic heterocycles. The van der Waals surface area contributed by atoms with Gasteiger partial charge in [0.2, 0.25) is 0 Å². The molecule has 1 N–H and O–H groups in total. The Morgan fingerprint density at radius 1 is 1.00 bits per heavy atom. The van der Waals surface area contributed by atoms with E-state index in [2.05, 4.69) is 6.58 Å². The Bertz CT molecular complexity index is 475. The van der Waals surface area contributed by atoms with Crippen molar-refractivity contribution in [3.8, 4) is 0 Å². The summed E-state index contributed by atoms with van der Waals surface area (Å²) in [6.07, 6.45) is 0.694. The molecule has 0 aliphatic heterocycles. The maximum Gasteiger partial charge on any atom is 0.334 e. The van der Waals surface area contributed by atoms with Crippen molar-refractivity contribution in [3.05, 3.63) is 12.2 Å². The highest BCUT2D eigenvalue weighted by atomic mass is 16.6. The van der Waals surface area contributed by atoms with Crippen LogP contribution in [0.1, 0.15) is 60.8 Å². The average molecular weight is 328 g/mol. The molecule has 0 aromatic rings. The minimum Gasteiger partial charge on any atom is -0.481 e. The van der Waals surface area contributed by atoms with Gasteiger partial charge in [0, 0.05) is 5.57 Å². The molecule has 132 valence electrons. The lowest BCUT2D eigenvalue weighted by Gasteiger charge is -2.26. The van der Waals surface area contributed by atoms with Gasteiger partial charge in [0.05, 0.1) is 12.3 Å². The largest absolute Gasteiger partial charge is 0.481 e. The summed E-state index contributed by atoms with van der Waals surface area (Å²) in [6.45, 7) is 14.1. The molecule has 0 radical (unpaired) electrons. The summed E-state index contributed by atoms with van der Waals surface area (Å²) < 4.78 is 10.5. The van der Waals surface area contributed by atoms with Crippen LogP contribution in [0, 0.1) is 5.92 Å². The van der Waals surface area contributed by atoms with Crippen molar-refractivity contribution in [3.63, 3.8) is 0 Å². The number of esters is 2. The standard InChI is InChI=1S/C17H28O6/c1-8-16(4,5)22-13(18)10-12(14(19)20)11(3)15(21)23-17(6,7)9-2/h12H,3,8-10H2,1-2,4-7H3,(H,19,20). The van der Waals surface area contributed by atoms with Crippen LogP contribution in [-0.4, -0.2) is 34.2 Å². The van der Waals surface area contributed by atoms with Crippen LogP contribution in [0.5, 0.6) is 0 Å². The minimum absolute atomic E-state index is 0.259. The Morgan fingerprint density at radius 3 is 1.83 bits per heavy atom. The Hall–Kier alpha value is -1.85. The fraction of sp³-hybridized carbons (Fsp3) is 0.706. The predicted octanol–water partition coefficient (Wildman–Crippen LogP) is 3.10. The van der Waals surface area contributed by atoms with Crippen molar-refractivity contribution in [1.29, 1.82) is 0 Å². The van der Waals surface area contributed by atoms with Crippen molar-refractivity contribution < 1.29 is 29.0 Å². The van der Waals surface area contributed by atoms with Gasteiger partial charge < -0.3 is 14.6 Å². The summed E-state index contributed by atoms with van der Waals surface area (Å²) in [5, 5.41) is 9.28. The third-order valence-corrected chi connectivity index (χ3v) is 3.81. The molecule has 1 unspecified atom stereocenters. The minimum atomic E-state index is -1.37. The van der Waals surface area contributed by atoms with E-state index in [1.165, 1.54) is 0 Å². The fourth-order valence-corrected chi connectivity index (χ4v) is 1.48. The van der Waals surface area contributed by atoms with Crippen molar-refractivity contribution in [1.82, 2.24) is 0 Å². The number of carbonyl (C=O) groups is 3. The number of hydrogen-bond acceptors (Lipinski definition) is 5. The van der Waals surface area contributed by atoms with Crippen LogP contribution in [0.2, 0.25) is 0 Å². The van der Waals surface area contributed by atoms with Crippen LogP contribution in [0.25, 0.3) is 0 Å². The van der Waals surface area contributed by atoms with E-state index in [9.17, 15) is 19.5 Å². The van der Waals surface area contributed by atoms with Gasteiger partial charge in [-0.3, -0.25) is 9.59 Å². The van der Waals surface area contributed by atoms with Crippen LogP contribution in [0.3, 0.4) is 0 Å². The van der Waals surface area contributed by atoms with Crippen LogP contribution in [-0.2, 0) is 23.9 Å². The quantitative estimate of drug-likeness (QED) is 0.517. The lowest BCUT2D eigenvalue weighted by molar-refractivity contribution is -0.162. The summed E-state index contributed by atoms with van der Waals surface area (Å²) in [5.74, 6) is -4.18. The summed E-state index contributed by atoms with van der Waals surface area (Å²) >= 11 is 0. The number of carbonyl (C=O) groups excluding carboxylic acids is 2. The number of carboxylic acid groups (broad SMARTS) is 1. The number of carboxylic acids is 1. The molecule has 0 aliphatic rings. The molecular formula is C17H28O6. The second-order valence-corrected chi connectivity index (χ2v) is 6.71. The average Bonchev–Trinajstić information content (AvgIpc) is 2.42. The van der Waals surface area contributed by atoms with E-state index in [1.807, 2.05) is 13.8 Å². The van der Waals surface area contributed by atoms with E-state index in [-0.39, 0.29) is 5.57 Å². The lowest BCUT2D eigenvalue weighted by atomic mass is 9.96. The molecule has 6 heteroatoms. The maximum absolute atomic E-state index is 12.0. The lowest BCUT2D eigenvalue weighted by Crippen LogP contribution is -2.33. The molecule has 6 nitrogen and oxygen atoms in total. The Balaban J connectivity index is 4.99. The van der Waals surface area contributed by atoms with Crippen molar-refractivity contribution in [2.45, 2.75) is 72.0 Å². The zero-order valence-electron chi connectivity index (χ0n) is 14.9. The number of rotatable bonds is 9. The van der Waals surface area contributed by atoms with E-state index in [4.69, 9.17) is 9.47 Å². The van der Waals surface area contributed by atoms with Gasteiger partial charge in [0.15, 0.2) is 0 Å². The number of hydrogen-bond donors (Lipinski definition) is 1. The Kier molecular flexibility index (Phi) is 7.48. The predicted molar refractivity (Wildman–Crippen MR) is 85.8 cm³/mol. The second kappa shape index (κ2) is 8.13. The highest BCUT2D eigenvalue weighted by Gasteiger charge is 2.33. The highest BCUT2D eigenvalue weighted by Crippen LogP contribution is 2.23. The molecule has 0 heterocycles. The topological polar surface area (TPSA) is 89.9 Å². The first-order chi connectivity index (χ1) is 10.3. The Morgan fingerprint density at radius 2 is 1.43 bits per heavy atom. The van der Waals surface area contributed by atoms with Crippen LogP contribution in [0.15, 0.2) is 12.2 Å². The van der Waals surface area contributed by atoms with Gasteiger partial charge >= 0.3 is 17.9 Å². The molecule has 1 atom stereocenters. The molecule has 0 saturated carbocycles. The molecule has 0 spiro atoms. The van der Waals surface area contributed by atoms with Crippen molar-refractivity contribution in [2.75, 3.05) is 0 Å². The van der Waals surface area contributed by atoms with E-state index in [0.29, 0.717) is 12.8 Å². The molecule has 0 saturated heterocycles. The molecule has 23 heavy (non-hydrogen) atoms. The summed E-state index contributed by atoms with van der Waals surface area (Å²) in [4.78, 5) is 35.3. The molecular weight excluding hydrogens is 300 g/mol. The van der Waals surface area contributed by atoms with Gasteiger partial charge in [-0.15, -0.1) is 0 Å². The molecule has 0 amide bonds. The van der Waals surface area contributed by atoms with Gasteiger partial charge in [-0.05, 0) is 40.5 Å². The first kappa shape index (κ1) is 21.1. The first-order valence-corrected chi connectivity index (χ1v) is 7.72. The molecule has 0 fully saturated rings. The van der Waals surface area contributed by atoms with Crippen LogP contribution < -0.4 is 0 Å². The SMILES string of the molecule is C=C(C(=O)OC(C)(C)CC)C(CC(=O)OC(C)(C)CC)C(=O)O. The molecule has 0 aliphatic carbocycles. The normalized spacial score (nSPS) is 13.1. The summed E-state index contributed by atoms with van der Waals surface area (Å²) in [5.41, 5.74) is -1.68. The van der Waals surface area contributed by atoms with E-state index in [0.717, 1.165) is 0 Å². The van der Waals surface area contributed by atoms with Crippen LogP contribution in [0.4, 0.5) is 0 Å². The highest BCUT2D eigenvalue weighted by molar-refractivity contribution is 5.96. The smallest absolute Gasteiger partial charge is 0.334 e. The molecule has 0 aromatic carbocycles. The van der Waals surface area contributed by atoms with Gasteiger partial charge in [0.1, 0.15) is 11.2 Å². The number of aliphatic carboxylic acids is 1. The van der Waals surface area contributed by atoms with Gasteiger partial charge in [0.25, 0.3) is 0 Å². The first-order valence-electron chi connectivity index (χ1n) is 7.72. The van der Waals surface area contributed by atoms with Gasteiger partial charge in [-0.1, -0.05) is 20.4 Å². The zero-order chi connectivity index (χ0) is 18.4. The Labute approximate surface area is 137 Å². The van der Waals surface area contributed by atoms with Crippen molar-refractivity contribution in [2.24, 2.45) is 5.92 Å². The third-order valence-electron chi connectivity index (χ3n) is 3.81. The fourth-order valence-electron chi connectivity index (χ4n) is 1.48. The second-order valence-electron chi connectivity index (χ2n) is 6.71. The summed E-state index contributed by atoms with van der Waals surface area (Å²) in [6, 6.07) is 0. The zero-order valence-corrected chi connectivity index (χ0v) is 14.9. The van der Waals surface area contributed by atoms with Crippen LogP contribution >= 0.6 is 0 Å². The van der Waals surface area contributed by atoms with E-state index in [1.54, 1.807) is 27.7 Å². The third kappa shape index (κ3) is 7.30.